The molecule has 33 heavy (non-hydrogen) atoms. The summed E-state index contributed by atoms with van der Waals surface area (Å²) in [6.07, 6.45) is 2.92. The van der Waals surface area contributed by atoms with Crippen LogP contribution in [0, 0.1) is 10.1 Å². The number of hydrogen-bond acceptors (Lipinski definition) is 8. The van der Waals surface area contributed by atoms with Crippen molar-refractivity contribution in [2.24, 2.45) is 0 Å². The normalized spacial score (nSPS) is 14.7. The van der Waals surface area contributed by atoms with Gasteiger partial charge in [-0.25, -0.2) is 4.98 Å². The maximum absolute atomic E-state index is 11.3. The first-order chi connectivity index (χ1) is 16.1. The molecule has 0 radical (unpaired) electrons. The van der Waals surface area contributed by atoms with E-state index in [1.807, 2.05) is 24.4 Å². The molecule has 9 nitrogen and oxygen atoms in total. The van der Waals surface area contributed by atoms with Crippen LogP contribution < -0.4 is 4.90 Å². The van der Waals surface area contributed by atoms with Gasteiger partial charge in [-0.15, -0.1) is 0 Å². The van der Waals surface area contributed by atoms with Crippen molar-refractivity contribution in [3.63, 3.8) is 0 Å². The lowest BCUT2D eigenvalue weighted by molar-refractivity contribution is -0.384. The number of nitro benzene ring substituents is 1. The summed E-state index contributed by atoms with van der Waals surface area (Å²) < 4.78 is 5.50. The van der Waals surface area contributed by atoms with Gasteiger partial charge in [-0.2, -0.15) is 0 Å². The molecule has 0 spiro atoms. The fraction of sp³-hybridized carbons (Fsp3) is 0.417. The minimum atomic E-state index is -0.391. The van der Waals surface area contributed by atoms with Gasteiger partial charge in [0.2, 0.25) is 0 Å². The molecule has 3 heterocycles. The van der Waals surface area contributed by atoms with Gasteiger partial charge in [-0.3, -0.25) is 19.9 Å². The number of benzene rings is 1. The van der Waals surface area contributed by atoms with Crippen LogP contribution in [0.5, 0.6) is 0 Å². The average molecular weight is 451 g/mol. The monoisotopic (exact) mass is 450 g/mol. The molecule has 0 saturated carbocycles. The molecule has 0 atom stereocenters. The first kappa shape index (κ1) is 22.9. The molecular weight excluding hydrogens is 420 g/mol. The van der Waals surface area contributed by atoms with Crippen LogP contribution in [-0.2, 0) is 6.54 Å². The molecule has 0 bridgehead atoms. The summed E-state index contributed by atoms with van der Waals surface area (Å²) in [7, 11) is 0. The highest BCUT2D eigenvalue weighted by molar-refractivity contribution is 5.70. The molecule has 3 aromatic rings. The fourth-order valence-electron chi connectivity index (χ4n) is 4.19. The lowest BCUT2D eigenvalue weighted by Crippen LogP contribution is -2.47. The molecule has 1 aliphatic rings. The van der Waals surface area contributed by atoms with Crippen LogP contribution in [0.15, 0.2) is 59.3 Å². The molecule has 1 saturated heterocycles. The zero-order valence-electron chi connectivity index (χ0n) is 19.0. The quantitative estimate of drug-likeness (QED) is 0.341. The second-order valence-electron chi connectivity index (χ2n) is 8.19. The Bertz CT molecular complexity index is 1030. The lowest BCUT2D eigenvalue weighted by atomic mass is 10.1. The van der Waals surface area contributed by atoms with E-state index in [0.717, 1.165) is 58.1 Å². The van der Waals surface area contributed by atoms with Crippen molar-refractivity contribution in [3.8, 4) is 11.3 Å². The van der Waals surface area contributed by atoms with Crippen molar-refractivity contribution in [1.29, 1.82) is 0 Å². The van der Waals surface area contributed by atoms with Crippen LogP contribution in [-0.4, -0.2) is 70.7 Å². The molecule has 1 aromatic carbocycles. The highest BCUT2D eigenvalue weighted by Crippen LogP contribution is 2.29. The smallest absolute Gasteiger partial charge is 0.278 e. The Morgan fingerprint density at radius 1 is 1.12 bits per heavy atom. The Kier molecular flexibility index (Phi) is 7.64. The van der Waals surface area contributed by atoms with Crippen LogP contribution in [0.3, 0.4) is 0 Å². The van der Waals surface area contributed by atoms with Gasteiger partial charge in [-0.1, -0.05) is 30.3 Å². The number of nitrogens with zero attached hydrogens (tertiary/aromatic N) is 6. The first-order valence-electron chi connectivity index (χ1n) is 11.4. The summed E-state index contributed by atoms with van der Waals surface area (Å²) in [6, 6.07) is 14.5. The van der Waals surface area contributed by atoms with E-state index in [9.17, 15) is 10.1 Å². The number of nitro groups is 1. The average Bonchev–Trinajstić information content (AvgIpc) is 3.33. The lowest BCUT2D eigenvalue weighted by Gasteiger charge is -2.35. The second kappa shape index (κ2) is 11.0. The number of piperazine rings is 1. The van der Waals surface area contributed by atoms with Crippen molar-refractivity contribution in [3.05, 3.63) is 70.6 Å². The van der Waals surface area contributed by atoms with E-state index in [1.165, 1.54) is 6.07 Å². The van der Waals surface area contributed by atoms with E-state index in [2.05, 4.69) is 37.8 Å². The topological polar surface area (TPSA) is 91.8 Å². The number of aromatic nitrogens is 2. The summed E-state index contributed by atoms with van der Waals surface area (Å²) in [5.74, 6) is 1.77. The molecule has 0 aliphatic carbocycles. The molecule has 2 aromatic heterocycles. The van der Waals surface area contributed by atoms with E-state index >= 15 is 0 Å². The SMILES string of the molecule is CCN(CCCN1CCN(c2ccccn2)CC1)Cc1cc(-c2ccccc2[N+](=O)[O-])no1. The Morgan fingerprint density at radius 3 is 2.64 bits per heavy atom. The summed E-state index contributed by atoms with van der Waals surface area (Å²) in [5.41, 5.74) is 1.01. The zero-order chi connectivity index (χ0) is 23.0. The summed E-state index contributed by atoms with van der Waals surface area (Å²) in [6.45, 7) is 9.77. The molecule has 174 valence electrons. The molecule has 0 amide bonds. The van der Waals surface area contributed by atoms with Gasteiger partial charge in [0.15, 0.2) is 5.76 Å². The number of anilines is 1. The molecule has 0 unspecified atom stereocenters. The Balaban J connectivity index is 1.24. The van der Waals surface area contributed by atoms with Crippen LogP contribution in [0.2, 0.25) is 0 Å². The highest BCUT2D eigenvalue weighted by Gasteiger charge is 2.20. The third-order valence-corrected chi connectivity index (χ3v) is 6.06. The van der Waals surface area contributed by atoms with E-state index in [1.54, 1.807) is 18.2 Å². The standard InChI is InChI=1S/C24H30N6O3/c1-2-27(12-7-13-28-14-16-29(17-15-28)24-10-5-6-11-25-24)19-20-18-22(26-33-20)21-8-3-4-9-23(21)30(31)32/h3-6,8-11,18H,2,7,12-17,19H2,1H3. The zero-order valence-corrected chi connectivity index (χ0v) is 19.0. The van der Waals surface area contributed by atoms with Gasteiger partial charge in [0.05, 0.1) is 17.0 Å². The molecule has 1 aliphatic heterocycles. The minimum Gasteiger partial charge on any atom is -0.359 e. The van der Waals surface area contributed by atoms with Crippen molar-refractivity contribution in [2.45, 2.75) is 19.9 Å². The molecule has 9 heteroatoms. The van der Waals surface area contributed by atoms with Crippen molar-refractivity contribution >= 4 is 11.5 Å². The van der Waals surface area contributed by atoms with Crippen molar-refractivity contribution in [2.75, 3.05) is 50.7 Å². The van der Waals surface area contributed by atoms with E-state index in [0.29, 0.717) is 23.6 Å². The van der Waals surface area contributed by atoms with E-state index in [4.69, 9.17) is 4.52 Å². The van der Waals surface area contributed by atoms with E-state index < -0.39 is 4.92 Å². The molecular formula is C24H30N6O3. The van der Waals surface area contributed by atoms with Gasteiger partial charge in [0.25, 0.3) is 5.69 Å². The Morgan fingerprint density at radius 2 is 1.91 bits per heavy atom. The number of para-hydroxylation sites is 1. The van der Waals surface area contributed by atoms with E-state index in [-0.39, 0.29) is 5.69 Å². The van der Waals surface area contributed by atoms with Gasteiger partial charge < -0.3 is 9.42 Å². The van der Waals surface area contributed by atoms with Crippen molar-refractivity contribution in [1.82, 2.24) is 19.9 Å². The van der Waals surface area contributed by atoms with Gasteiger partial charge in [0.1, 0.15) is 11.5 Å². The number of pyridine rings is 1. The predicted octanol–water partition coefficient (Wildman–Crippen LogP) is 3.68. The minimum absolute atomic E-state index is 0.0350. The van der Waals surface area contributed by atoms with Gasteiger partial charge in [-0.05, 0) is 44.3 Å². The summed E-state index contributed by atoms with van der Waals surface area (Å²) >= 11 is 0. The van der Waals surface area contributed by atoms with Crippen LogP contribution in [0.25, 0.3) is 11.3 Å². The third kappa shape index (κ3) is 5.94. The Hall–Kier alpha value is -3.30. The van der Waals surface area contributed by atoms with Crippen molar-refractivity contribution < 1.29 is 9.45 Å². The van der Waals surface area contributed by atoms with Crippen LogP contribution in [0.4, 0.5) is 11.5 Å². The largest absolute Gasteiger partial charge is 0.359 e. The predicted molar refractivity (Wildman–Crippen MR) is 127 cm³/mol. The highest BCUT2D eigenvalue weighted by atomic mass is 16.6. The number of hydrogen-bond donors (Lipinski definition) is 0. The Labute approximate surface area is 193 Å². The maximum atomic E-state index is 11.3. The molecule has 1 fully saturated rings. The molecule has 4 rings (SSSR count). The second-order valence-corrected chi connectivity index (χ2v) is 8.19. The summed E-state index contributed by atoms with van der Waals surface area (Å²) in [4.78, 5) is 22.5. The number of rotatable bonds is 10. The van der Waals surface area contributed by atoms with Gasteiger partial charge in [0, 0.05) is 44.5 Å². The first-order valence-corrected chi connectivity index (χ1v) is 11.4. The summed E-state index contributed by atoms with van der Waals surface area (Å²) in [5, 5.41) is 15.4. The van der Waals surface area contributed by atoms with Gasteiger partial charge >= 0.3 is 0 Å². The molecule has 0 N–H and O–H groups in total. The van der Waals surface area contributed by atoms with Crippen LogP contribution in [0.1, 0.15) is 19.1 Å². The fourth-order valence-corrected chi connectivity index (χ4v) is 4.19. The maximum Gasteiger partial charge on any atom is 0.278 e. The third-order valence-electron chi connectivity index (χ3n) is 6.06. The van der Waals surface area contributed by atoms with Crippen LogP contribution >= 0.6 is 0 Å².